The number of ether oxygens (including phenoxy) is 3. The molecule has 0 bridgehead atoms. The molecule has 0 spiro atoms. The molecule has 0 aliphatic heterocycles. The first-order valence-corrected chi connectivity index (χ1v) is 9.05. The lowest BCUT2D eigenvalue weighted by molar-refractivity contribution is -0.0770. The minimum Gasteiger partial charge on any atom is -0.492 e. The monoisotopic (exact) mass is 374 g/mol. The highest BCUT2D eigenvalue weighted by molar-refractivity contribution is 7.17. The van der Waals surface area contributed by atoms with E-state index in [1.807, 2.05) is 19.9 Å². The Bertz CT molecular complexity index is 823. The van der Waals surface area contributed by atoms with Crippen molar-refractivity contribution >= 4 is 17.3 Å². The summed E-state index contributed by atoms with van der Waals surface area (Å²) in [4.78, 5) is 17.1. The standard InChI is InChI=1S/C19H22N2O4S/c1-11(2)10-24-16-7-6-14(8-15(16)9-20)18-21-12(3)17(26-18)19(22)25-13(4)23-5/h6-8,11,13H,10H2,1-5H3. The largest absolute Gasteiger partial charge is 0.492 e. The van der Waals surface area contributed by atoms with Crippen LogP contribution in [0.1, 0.15) is 41.7 Å². The first-order chi connectivity index (χ1) is 12.3. The van der Waals surface area contributed by atoms with Gasteiger partial charge in [-0.05, 0) is 38.0 Å². The van der Waals surface area contributed by atoms with E-state index in [1.54, 1.807) is 26.0 Å². The van der Waals surface area contributed by atoms with Crippen LogP contribution in [0, 0.1) is 24.2 Å². The van der Waals surface area contributed by atoms with Gasteiger partial charge in [0.1, 0.15) is 21.7 Å². The summed E-state index contributed by atoms with van der Waals surface area (Å²) in [5.41, 5.74) is 1.77. The van der Waals surface area contributed by atoms with E-state index >= 15 is 0 Å². The molecule has 1 atom stereocenters. The van der Waals surface area contributed by atoms with Crippen LogP contribution in [0.4, 0.5) is 0 Å². The number of hydrogen-bond acceptors (Lipinski definition) is 7. The lowest BCUT2D eigenvalue weighted by Gasteiger charge is -2.10. The van der Waals surface area contributed by atoms with Crippen molar-refractivity contribution in [3.8, 4) is 22.4 Å². The topological polar surface area (TPSA) is 81.4 Å². The van der Waals surface area contributed by atoms with Gasteiger partial charge in [0.05, 0.1) is 17.9 Å². The molecule has 0 saturated carbocycles. The van der Waals surface area contributed by atoms with Gasteiger partial charge in [-0.2, -0.15) is 5.26 Å². The number of nitriles is 1. The smallest absolute Gasteiger partial charge is 0.352 e. The first kappa shape index (κ1) is 19.9. The summed E-state index contributed by atoms with van der Waals surface area (Å²) in [5.74, 6) is 0.440. The second kappa shape index (κ2) is 8.79. The van der Waals surface area contributed by atoms with Crippen LogP contribution < -0.4 is 4.74 Å². The summed E-state index contributed by atoms with van der Waals surface area (Å²) in [6.07, 6.45) is -0.630. The summed E-state index contributed by atoms with van der Waals surface area (Å²) < 4.78 is 15.8. The fourth-order valence-electron chi connectivity index (χ4n) is 2.09. The van der Waals surface area contributed by atoms with Crippen LogP contribution in [0.5, 0.6) is 5.75 Å². The van der Waals surface area contributed by atoms with Gasteiger partial charge in [-0.25, -0.2) is 9.78 Å². The van der Waals surface area contributed by atoms with Gasteiger partial charge in [0, 0.05) is 12.7 Å². The molecular weight excluding hydrogens is 352 g/mol. The zero-order chi connectivity index (χ0) is 19.3. The Kier molecular flexibility index (Phi) is 6.72. The maximum absolute atomic E-state index is 12.2. The maximum atomic E-state index is 12.2. The Morgan fingerprint density at radius 1 is 1.35 bits per heavy atom. The van der Waals surface area contributed by atoms with Crippen molar-refractivity contribution in [1.29, 1.82) is 5.26 Å². The quantitative estimate of drug-likeness (QED) is 0.534. The average molecular weight is 374 g/mol. The van der Waals surface area contributed by atoms with Crippen molar-refractivity contribution in [2.24, 2.45) is 5.92 Å². The fourth-order valence-corrected chi connectivity index (χ4v) is 3.04. The molecular formula is C19H22N2O4S. The highest BCUT2D eigenvalue weighted by Crippen LogP contribution is 2.32. The fraction of sp³-hybridized carbons (Fsp3) is 0.421. The Morgan fingerprint density at radius 2 is 2.08 bits per heavy atom. The molecule has 1 aromatic heterocycles. The third-order valence-electron chi connectivity index (χ3n) is 3.51. The molecule has 0 saturated heterocycles. The number of nitrogens with zero attached hydrogens (tertiary/aromatic N) is 2. The van der Waals surface area contributed by atoms with Crippen LogP contribution in [0.2, 0.25) is 0 Å². The molecule has 138 valence electrons. The Hall–Kier alpha value is -2.43. The van der Waals surface area contributed by atoms with E-state index in [9.17, 15) is 10.1 Å². The van der Waals surface area contributed by atoms with Crippen molar-refractivity contribution in [1.82, 2.24) is 4.98 Å². The second-order valence-electron chi connectivity index (χ2n) is 6.17. The molecule has 0 amide bonds. The number of aryl methyl sites for hydroxylation is 1. The zero-order valence-corrected chi connectivity index (χ0v) is 16.3. The molecule has 0 aliphatic carbocycles. The molecule has 1 heterocycles. The van der Waals surface area contributed by atoms with E-state index in [1.165, 1.54) is 18.4 Å². The van der Waals surface area contributed by atoms with E-state index in [0.717, 1.165) is 5.56 Å². The minimum absolute atomic E-state index is 0.367. The van der Waals surface area contributed by atoms with Crippen LogP contribution >= 0.6 is 11.3 Å². The number of carbonyl (C=O) groups excluding carboxylic acids is 1. The molecule has 0 fully saturated rings. The molecule has 2 aromatic rings. The van der Waals surface area contributed by atoms with E-state index in [-0.39, 0.29) is 0 Å². The SMILES string of the molecule is COC(C)OC(=O)c1sc(-c2ccc(OCC(C)C)c(C#N)c2)nc1C. The number of thiazole rings is 1. The second-order valence-corrected chi connectivity index (χ2v) is 7.17. The van der Waals surface area contributed by atoms with E-state index in [2.05, 4.69) is 11.1 Å². The summed E-state index contributed by atoms with van der Waals surface area (Å²) in [5, 5.41) is 10.0. The Morgan fingerprint density at radius 3 is 2.69 bits per heavy atom. The van der Waals surface area contributed by atoms with Gasteiger partial charge < -0.3 is 14.2 Å². The Labute approximate surface area is 157 Å². The van der Waals surface area contributed by atoms with Gasteiger partial charge >= 0.3 is 5.97 Å². The average Bonchev–Trinajstić information content (AvgIpc) is 3.01. The van der Waals surface area contributed by atoms with Crippen LogP contribution in [0.3, 0.4) is 0 Å². The number of esters is 1. The molecule has 1 unspecified atom stereocenters. The lowest BCUT2D eigenvalue weighted by atomic mass is 10.1. The first-order valence-electron chi connectivity index (χ1n) is 8.24. The molecule has 1 aromatic carbocycles. The summed E-state index contributed by atoms with van der Waals surface area (Å²) in [6.45, 7) is 8.02. The van der Waals surface area contributed by atoms with Crippen LogP contribution in [-0.4, -0.2) is 31.0 Å². The summed E-state index contributed by atoms with van der Waals surface area (Å²) in [7, 11) is 1.47. The number of carbonyl (C=O) groups is 1. The normalized spacial score (nSPS) is 11.9. The number of methoxy groups -OCH3 is 1. The van der Waals surface area contributed by atoms with Crippen LogP contribution in [0.25, 0.3) is 10.6 Å². The third kappa shape index (κ3) is 4.81. The Balaban J connectivity index is 2.28. The highest BCUT2D eigenvalue weighted by Gasteiger charge is 2.20. The summed E-state index contributed by atoms with van der Waals surface area (Å²) >= 11 is 1.23. The predicted octanol–water partition coefficient (Wildman–Crippen LogP) is 4.17. The summed E-state index contributed by atoms with van der Waals surface area (Å²) in [6, 6.07) is 7.47. The van der Waals surface area contributed by atoms with E-state index in [0.29, 0.717) is 39.4 Å². The number of hydrogen-bond donors (Lipinski definition) is 0. The number of aromatic nitrogens is 1. The molecule has 0 N–H and O–H groups in total. The minimum atomic E-state index is -0.630. The van der Waals surface area contributed by atoms with Crippen molar-refractivity contribution in [2.75, 3.05) is 13.7 Å². The molecule has 6 nitrogen and oxygen atoms in total. The molecule has 26 heavy (non-hydrogen) atoms. The van der Waals surface area contributed by atoms with Gasteiger partial charge in [-0.3, -0.25) is 0 Å². The lowest BCUT2D eigenvalue weighted by Crippen LogP contribution is -2.16. The van der Waals surface area contributed by atoms with Gasteiger partial charge in [0.25, 0.3) is 0 Å². The van der Waals surface area contributed by atoms with E-state index in [4.69, 9.17) is 14.2 Å². The van der Waals surface area contributed by atoms with Gasteiger partial charge in [-0.15, -0.1) is 11.3 Å². The molecule has 2 rings (SSSR count). The molecule has 7 heteroatoms. The molecule has 0 aliphatic rings. The number of rotatable bonds is 7. The van der Waals surface area contributed by atoms with Crippen molar-refractivity contribution in [3.05, 3.63) is 34.3 Å². The molecule has 0 radical (unpaired) electrons. The zero-order valence-electron chi connectivity index (χ0n) is 15.5. The highest BCUT2D eigenvalue weighted by atomic mass is 32.1. The van der Waals surface area contributed by atoms with Crippen molar-refractivity contribution < 1.29 is 19.0 Å². The third-order valence-corrected chi connectivity index (χ3v) is 4.69. The van der Waals surface area contributed by atoms with Gasteiger partial charge in [0.2, 0.25) is 0 Å². The maximum Gasteiger partial charge on any atom is 0.352 e. The predicted molar refractivity (Wildman–Crippen MR) is 99.2 cm³/mol. The number of benzene rings is 1. The van der Waals surface area contributed by atoms with Gasteiger partial charge in [-0.1, -0.05) is 13.8 Å². The van der Waals surface area contributed by atoms with Crippen molar-refractivity contribution in [3.63, 3.8) is 0 Å². The van der Waals surface area contributed by atoms with Crippen molar-refractivity contribution in [2.45, 2.75) is 34.0 Å². The van der Waals surface area contributed by atoms with E-state index < -0.39 is 12.3 Å². The van der Waals surface area contributed by atoms with Crippen LogP contribution in [-0.2, 0) is 9.47 Å². The van der Waals surface area contributed by atoms with Crippen LogP contribution in [0.15, 0.2) is 18.2 Å². The van der Waals surface area contributed by atoms with Gasteiger partial charge in [0.15, 0.2) is 6.29 Å².